The van der Waals surface area contributed by atoms with E-state index in [1.54, 1.807) is 6.07 Å². The van der Waals surface area contributed by atoms with Gasteiger partial charge in [-0.3, -0.25) is 10.1 Å². The molecule has 0 unspecified atom stereocenters. The molecule has 7 heteroatoms. The van der Waals surface area contributed by atoms with Gasteiger partial charge in [0, 0.05) is 16.7 Å². The second-order valence-electron chi connectivity index (χ2n) is 6.74. The van der Waals surface area contributed by atoms with Crippen molar-refractivity contribution in [2.24, 2.45) is 0 Å². The van der Waals surface area contributed by atoms with Gasteiger partial charge >= 0.3 is 0 Å². The predicted octanol–water partition coefficient (Wildman–Crippen LogP) is 4.57. The fraction of sp³-hybridized carbons (Fsp3) is 0.136. The molecule has 0 radical (unpaired) electrons. The molecule has 0 aliphatic carbocycles. The van der Waals surface area contributed by atoms with Crippen LogP contribution in [0.25, 0.3) is 10.9 Å². The van der Waals surface area contributed by atoms with E-state index in [-0.39, 0.29) is 12.7 Å². The summed E-state index contributed by atoms with van der Waals surface area (Å²) in [6, 6.07) is 17.3. The number of amides is 1. The number of pyridine rings is 1. The molecule has 0 saturated heterocycles. The minimum atomic E-state index is -0.265. The van der Waals surface area contributed by atoms with Gasteiger partial charge in [-0.1, -0.05) is 30.3 Å². The maximum absolute atomic E-state index is 12.6. The van der Waals surface area contributed by atoms with Crippen LogP contribution in [0.15, 0.2) is 54.6 Å². The summed E-state index contributed by atoms with van der Waals surface area (Å²) in [4.78, 5) is 22.7. The molecule has 6 nitrogen and oxygen atoms in total. The molecule has 0 spiro atoms. The van der Waals surface area contributed by atoms with Crippen LogP contribution < -0.4 is 14.8 Å². The van der Waals surface area contributed by atoms with Crippen LogP contribution in [0.2, 0.25) is 0 Å². The average Bonchev–Trinajstić information content (AvgIpc) is 3.33. The number of nitrogens with zero attached hydrogens (tertiary/aromatic N) is 2. The third-order valence-electron chi connectivity index (χ3n) is 4.75. The largest absolute Gasteiger partial charge is 0.454 e. The first-order valence-electron chi connectivity index (χ1n) is 9.18. The highest BCUT2D eigenvalue weighted by Gasteiger charge is 2.16. The summed E-state index contributed by atoms with van der Waals surface area (Å²) in [5, 5.41) is 4.44. The van der Waals surface area contributed by atoms with E-state index in [1.807, 2.05) is 55.5 Å². The van der Waals surface area contributed by atoms with Gasteiger partial charge in [-0.15, -0.1) is 11.3 Å². The zero-order chi connectivity index (χ0) is 19.8. The van der Waals surface area contributed by atoms with Crippen LogP contribution in [-0.4, -0.2) is 22.7 Å². The number of carbonyl (C=O) groups excluding carboxylic acids is 1. The molecule has 29 heavy (non-hydrogen) atoms. The highest BCUT2D eigenvalue weighted by atomic mass is 32.1. The molecule has 2 aromatic heterocycles. The molecule has 0 atom stereocenters. The summed E-state index contributed by atoms with van der Waals surface area (Å²) in [6.07, 6.45) is 0.713. The summed E-state index contributed by atoms with van der Waals surface area (Å²) in [5.41, 5.74) is 3.16. The quantitative estimate of drug-likeness (QED) is 0.540. The first-order valence-corrected chi connectivity index (χ1v) is 9.99. The molecule has 1 N–H and O–H groups in total. The second kappa shape index (κ2) is 7.18. The summed E-state index contributed by atoms with van der Waals surface area (Å²) < 4.78 is 10.8. The van der Waals surface area contributed by atoms with E-state index in [4.69, 9.17) is 9.47 Å². The number of rotatable bonds is 4. The van der Waals surface area contributed by atoms with Crippen molar-refractivity contribution < 1.29 is 14.3 Å². The van der Waals surface area contributed by atoms with E-state index in [0.29, 0.717) is 17.2 Å². The number of nitrogens with one attached hydrogen (secondary N) is 1. The van der Waals surface area contributed by atoms with Crippen molar-refractivity contribution in [2.75, 3.05) is 12.1 Å². The summed E-state index contributed by atoms with van der Waals surface area (Å²) in [7, 11) is 0. The number of fused-ring (bicyclic) bond motifs is 2. The first-order chi connectivity index (χ1) is 14.2. The number of carbonyl (C=O) groups is 1. The normalized spacial score (nSPS) is 12.3. The van der Waals surface area contributed by atoms with Gasteiger partial charge in [0.2, 0.25) is 6.79 Å². The zero-order valence-electron chi connectivity index (χ0n) is 15.6. The van der Waals surface area contributed by atoms with Crippen LogP contribution in [-0.2, 0) is 6.42 Å². The van der Waals surface area contributed by atoms with E-state index in [2.05, 4.69) is 15.3 Å². The van der Waals surface area contributed by atoms with Gasteiger partial charge in [-0.2, -0.15) is 0 Å². The Morgan fingerprint density at radius 3 is 2.86 bits per heavy atom. The van der Waals surface area contributed by atoms with E-state index < -0.39 is 0 Å². The third-order valence-corrected chi connectivity index (χ3v) is 5.82. The van der Waals surface area contributed by atoms with Gasteiger partial charge < -0.3 is 9.47 Å². The van der Waals surface area contributed by atoms with Crippen LogP contribution in [0.3, 0.4) is 0 Å². The Bertz CT molecular complexity index is 1240. The maximum atomic E-state index is 12.6. The number of aryl methyl sites for hydroxylation is 1. The van der Waals surface area contributed by atoms with Crippen LogP contribution in [0.5, 0.6) is 11.5 Å². The number of thiazole rings is 1. The lowest BCUT2D eigenvalue weighted by Crippen LogP contribution is -2.13. The minimum absolute atomic E-state index is 0.261. The number of hydrogen-bond donors (Lipinski definition) is 1. The number of anilines is 1. The molecule has 2 aromatic carbocycles. The van der Waals surface area contributed by atoms with Crippen molar-refractivity contribution in [3.63, 3.8) is 0 Å². The van der Waals surface area contributed by atoms with Gasteiger partial charge in [0.1, 0.15) is 5.69 Å². The van der Waals surface area contributed by atoms with Crippen molar-refractivity contribution in [2.45, 2.75) is 13.3 Å². The number of benzene rings is 2. The highest BCUT2D eigenvalue weighted by molar-refractivity contribution is 7.15. The van der Waals surface area contributed by atoms with Gasteiger partial charge in [0.05, 0.1) is 11.2 Å². The van der Waals surface area contributed by atoms with E-state index in [9.17, 15) is 4.79 Å². The summed E-state index contributed by atoms with van der Waals surface area (Å²) in [5.74, 6) is 1.27. The van der Waals surface area contributed by atoms with Crippen molar-refractivity contribution in [1.29, 1.82) is 0 Å². The first kappa shape index (κ1) is 17.6. The SMILES string of the molecule is Cc1nc(NC(=O)c2ccc3ccccc3n2)sc1Cc1ccc2c(c1)OCO2. The Kier molecular flexibility index (Phi) is 4.37. The van der Waals surface area contributed by atoms with Gasteiger partial charge in [0.15, 0.2) is 16.6 Å². The Morgan fingerprint density at radius 2 is 1.93 bits per heavy atom. The molecule has 0 bridgehead atoms. The molecule has 1 aliphatic rings. The van der Waals surface area contributed by atoms with Crippen LogP contribution >= 0.6 is 11.3 Å². The average molecular weight is 403 g/mol. The van der Waals surface area contributed by atoms with Crippen LogP contribution in [0.4, 0.5) is 5.13 Å². The minimum Gasteiger partial charge on any atom is -0.454 e. The maximum Gasteiger partial charge on any atom is 0.276 e. The number of hydrogen-bond acceptors (Lipinski definition) is 6. The number of para-hydroxylation sites is 1. The van der Waals surface area contributed by atoms with Crippen molar-refractivity contribution in [1.82, 2.24) is 9.97 Å². The topological polar surface area (TPSA) is 73.3 Å². The molecule has 4 aromatic rings. The fourth-order valence-corrected chi connectivity index (χ4v) is 4.23. The monoisotopic (exact) mass is 403 g/mol. The number of ether oxygens (including phenoxy) is 2. The Morgan fingerprint density at radius 1 is 1.07 bits per heavy atom. The van der Waals surface area contributed by atoms with Crippen molar-refractivity contribution in [3.05, 3.63) is 76.4 Å². The molecular weight excluding hydrogens is 386 g/mol. The molecule has 0 fully saturated rings. The summed E-state index contributed by atoms with van der Waals surface area (Å²) >= 11 is 1.47. The predicted molar refractivity (Wildman–Crippen MR) is 112 cm³/mol. The Hall–Kier alpha value is -3.45. The van der Waals surface area contributed by atoms with Crippen molar-refractivity contribution >= 4 is 33.3 Å². The Labute approximate surface area is 171 Å². The molecule has 1 amide bonds. The lowest BCUT2D eigenvalue weighted by molar-refractivity contribution is 0.102. The molecule has 5 rings (SSSR count). The summed E-state index contributed by atoms with van der Waals surface area (Å²) in [6.45, 7) is 2.21. The zero-order valence-corrected chi connectivity index (χ0v) is 16.5. The van der Waals surface area contributed by atoms with Crippen molar-refractivity contribution in [3.8, 4) is 11.5 Å². The lowest BCUT2D eigenvalue weighted by atomic mass is 10.1. The van der Waals surface area contributed by atoms with E-state index >= 15 is 0 Å². The molecule has 144 valence electrons. The van der Waals surface area contributed by atoms with E-state index in [1.165, 1.54) is 11.3 Å². The molecule has 3 heterocycles. The van der Waals surface area contributed by atoms with Crippen LogP contribution in [0, 0.1) is 6.92 Å². The van der Waals surface area contributed by atoms with E-state index in [0.717, 1.165) is 38.5 Å². The van der Waals surface area contributed by atoms with Gasteiger partial charge in [0.25, 0.3) is 5.91 Å². The highest BCUT2D eigenvalue weighted by Crippen LogP contribution is 2.34. The molecule has 0 saturated carbocycles. The molecule has 1 aliphatic heterocycles. The third kappa shape index (κ3) is 3.52. The standard InChI is InChI=1S/C22H17N3O3S/c1-13-20(11-14-6-9-18-19(10-14)28-12-27-18)29-22(23-13)25-21(26)17-8-7-15-4-2-3-5-16(15)24-17/h2-10H,11-12H2,1H3,(H,23,25,26). The number of aromatic nitrogens is 2. The Balaban J connectivity index is 1.33. The lowest BCUT2D eigenvalue weighted by Gasteiger charge is -2.03. The fourth-order valence-electron chi connectivity index (χ4n) is 3.24. The smallest absolute Gasteiger partial charge is 0.276 e. The van der Waals surface area contributed by atoms with Gasteiger partial charge in [-0.25, -0.2) is 9.97 Å². The molecular formula is C22H17N3O3S. The second-order valence-corrected chi connectivity index (χ2v) is 7.82. The van der Waals surface area contributed by atoms with Gasteiger partial charge in [-0.05, 0) is 36.8 Å². The van der Waals surface area contributed by atoms with Crippen LogP contribution in [0.1, 0.15) is 26.6 Å².